The highest BCUT2D eigenvalue weighted by Gasteiger charge is 2.36. The van der Waals surface area contributed by atoms with Gasteiger partial charge in [-0.05, 0) is 68.9 Å². The van der Waals surface area contributed by atoms with E-state index in [-0.39, 0.29) is 0 Å². The molecule has 3 heterocycles. The van der Waals surface area contributed by atoms with Gasteiger partial charge in [0.25, 0.3) is 0 Å². The van der Waals surface area contributed by atoms with E-state index >= 15 is 0 Å². The monoisotopic (exact) mass is 404 g/mol. The summed E-state index contributed by atoms with van der Waals surface area (Å²) in [6, 6.07) is 9.93. The minimum Gasteiger partial charge on any atom is -0.385 e. The number of halogens is 1. The fourth-order valence-electron chi connectivity index (χ4n) is 4.35. The summed E-state index contributed by atoms with van der Waals surface area (Å²) in [6.07, 6.45) is 6.85. The average molecular weight is 405 g/mol. The summed E-state index contributed by atoms with van der Waals surface area (Å²) in [7, 11) is 0. The van der Waals surface area contributed by atoms with Gasteiger partial charge in [-0.2, -0.15) is 0 Å². The van der Waals surface area contributed by atoms with E-state index in [4.69, 9.17) is 26.6 Å². The quantitative estimate of drug-likeness (QED) is 0.512. The van der Waals surface area contributed by atoms with Crippen molar-refractivity contribution in [1.82, 2.24) is 19.4 Å². The molecule has 2 saturated carbocycles. The van der Waals surface area contributed by atoms with Gasteiger partial charge in [0.1, 0.15) is 11.3 Å². The summed E-state index contributed by atoms with van der Waals surface area (Å²) in [4.78, 5) is 14.4. The van der Waals surface area contributed by atoms with Gasteiger partial charge in [0.2, 0.25) is 0 Å². The van der Waals surface area contributed by atoms with E-state index in [0.717, 1.165) is 64.3 Å². The number of rotatable bonds is 3. The minimum absolute atomic E-state index is 0.558. The van der Waals surface area contributed by atoms with Crippen LogP contribution in [-0.2, 0) is 5.60 Å². The Kier molecular flexibility index (Phi) is 3.59. The standard InChI is InChI=1S/C23H21ClN4O/c1-13-20-12-25-21(16-11-15(5-6-17(16)24)23(29)9-2-10-23)28(20)22-19(26-13)8-7-18(27-22)14-3-4-14/h5-8,11-12,14,29H,2-4,9-10H2,1H3. The molecule has 6 heteroatoms. The zero-order valence-corrected chi connectivity index (χ0v) is 16.9. The van der Waals surface area contributed by atoms with E-state index in [1.54, 1.807) is 0 Å². The van der Waals surface area contributed by atoms with Gasteiger partial charge >= 0.3 is 0 Å². The van der Waals surface area contributed by atoms with Crippen molar-refractivity contribution in [3.05, 3.63) is 58.5 Å². The highest BCUT2D eigenvalue weighted by molar-refractivity contribution is 6.33. The molecular weight excluding hydrogens is 384 g/mol. The highest BCUT2D eigenvalue weighted by Crippen LogP contribution is 2.43. The lowest BCUT2D eigenvalue weighted by molar-refractivity contribution is -0.0387. The van der Waals surface area contributed by atoms with E-state index in [2.05, 4.69) is 16.5 Å². The van der Waals surface area contributed by atoms with Crippen LogP contribution >= 0.6 is 11.6 Å². The fourth-order valence-corrected chi connectivity index (χ4v) is 4.55. The Bertz CT molecular complexity index is 1290. The smallest absolute Gasteiger partial charge is 0.165 e. The first kappa shape index (κ1) is 17.4. The Labute approximate surface area is 173 Å². The van der Waals surface area contributed by atoms with Crippen LogP contribution in [0.5, 0.6) is 0 Å². The third kappa shape index (κ3) is 2.61. The largest absolute Gasteiger partial charge is 0.385 e. The predicted molar refractivity (Wildman–Crippen MR) is 113 cm³/mol. The lowest BCUT2D eigenvalue weighted by Crippen LogP contribution is -2.33. The summed E-state index contributed by atoms with van der Waals surface area (Å²) in [6.45, 7) is 1.99. The number of aryl methyl sites for hydroxylation is 1. The number of imidazole rings is 1. The molecule has 1 N–H and O–H groups in total. The van der Waals surface area contributed by atoms with Crippen LogP contribution in [0.25, 0.3) is 28.1 Å². The van der Waals surface area contributed by atoms with Crippen molar-refractivity contribution in [2.75, 3.05) is 0 Å². The molecule has 146 valence electrons. The number of aliphatic hydroxyl groups is 1. The second kappa shape index (κ2) is 6.00. The van der Waals surface area contributed by atoms with Crippen LogP contribution in [0, 0.1) is 6.92 Å². The molecule has 5 nitrogen and oxygen atoms in total. The van der Waals surface area contributed by atoms with E-state index in [0.29, 0.717) is 10.9 Å². The maximum Gasteiger partial charge on any atom is 0.165 e. The van der Waals surface area contributed by atoms with Crippen LogP contribution in [-0.4, -0.2) is 24.5 Å². The lowest BCUT2D eigenvalue weighted by Gasteiger charge is -2.37. The normalized spacial score (nSPS) is 18.3. The lowest BCUT2D eigenvalue weighted by atomic mass is 9.75. The van der Waals surface area contributed by atoms with Crippen LogP contribution < -0.4 is 0 Å². The summed E-state index contributed by atoms with van der Waals surface area (Å²) in [5, 5.41) is 11.5. The van der Waals surface area contributed by atoms with Crippen LogP contribution in [0.4, 0.5) is 0 Å². The minimum atomic E-state index is -0.747. The van der Waals surface area contributed by atoms with Crippen LogP contribution in [0.3, 0.4) is 0 Å². The zero-order chi connectivity index (χ0) is 19.8. The Morgan fingerprint density at radius 2 is 1.97 bits per heavy atom. The van der Waals surface area contributed by atoms with Gasteiger partial charge in [-0.1, -0.05) is 17.7 Å². The van der Waals surface area contributed by atoms with Crippen molar-refractivity contribution in [1.29, 1.82) is 0 Å². The molecule has 0 radical (unpaired) electrons. The summed E-state index contributed by atoms with van der Waals surface area (Å²) >= 11 is 6.61. The van der Waals surface area contributed by atoms with Crippen LogP contribution in [0.1, 0.15) is 55.0 Å². The summed E-state index contributed by atoms with van der Waals surface area (Å²) in [5.74, 6) is 1.30. The van der Waals surface area contributed by atoms with Gasteiger partial charge in [-0.3, -0.25) is 4.40 Å². The third-order valence-corrected chi connectivity index (χ3v) is 6.76. The van der Waals surface area contributed by atoms with Gasteiger partial charge < -0.3 is 5.11 Å². The SMILES string of the molecule is Cc1nc2ccc(C3CC3)nc2n2c(-c3cc(C4(O)CCC4)ccc3Cl)ncc12. The number of nitrogens with zero attached hydrogens (tertiary/aromatic N) is 4. The Balaban J connectivity index is 1.63. The predicted octanol–water partition coefficient (Wildman–Crippen LogP) is 5.16. The molecule has 0 unspecified atom stereocenters. The second-order valence-electron chi connectivity index (χ2n) is 8.43. The molecule has 2 aliphatic carbocycles. The van der Waals surface area contributed by atoms with Crippen molar-refractivity contribution in [3.63, 3.8) is 0 Å². The van der Waals surface area contributed by atoms with Gasteiger partial charge in [-0.15, -0.1) is 0 Å². The van der Waals surface area contributed by atoms with Gasteiger partial charge in [0, 0.05) is 17.2 Å². The van der Waals surface area contributed by atoms with E-state index in [9.17, 15) is 5.11 Å². The molecule has 2 aliphatic rings. The molecule has 3 aromatic heterocycles. The average Bonchev–Trinajstić information content (AvgIpc) is 3.45. The molecule has 0 amide bonds. The van der Waals surface area contributed by atoms with E-state index in [1.807, 2.05) is 31.3 Å². The number of hydrogen-bond acceptors (Lipinski definition) is 4. The summed E-state index contributed by atoms with van der Waals surface area (Å²) < 4.78 is 2.07. The van der Waals surface area contributed by atoms with Gasteiger partial charge in [0.15, 0.2) is 5.65 Å². The maximum atomic E-state index is 10.8. The number of pyridine rings is 1. The maximum absolute atomic E-state index is 10.8. The Hall–Kier alpha value is -2.50. The first-order chi connectivity index (χ1) is 14.0. The molecule has 0 saturated heterocycles. The zero-order valence-electron chi connectivity index (χ0n) is 16.2. The fraction of sp³-hybridized carbons (Fsp3) is 0.348. The van der Waals surface area contributed by atoms with Crippen molar-refractivity contribution < 1.29 is 5.11 Å². The third-order valence-electron chi connectivity index (χ3n) is 6.43. The van der Waals surface area contributed by atoms with E-state index in [1.165, 1.54) is 12.8 Å². The molecular formula is C23H21ClN4O. The van der Waals surface area contributed by atoms with Crippen molar-refractivity contribution >= 4 is 28.3 Å². The molecule has 0 bridgehead atoms. The Morgan fingerprint density at radius 1 is 1.14 bits per heavy atom. The molecule has 6 rings (SSSR count). The first-order valence-electron chi connectivity index (χ1n) is 10.2. The molecule has 0 spiro atoms. The number of aromatic nitrogens is 4. The van der Waals surface area contributed by atoms with E-state index < -0.39 is 5.60 Å². The number of benzene rings is 1. The Morgan fingerprint density at radius 3 is 2.69 bits per heavy atom. The highest BCUT2D eigenvalue weighted by atomic mass is 35.5. The molecule has 2 fully saturated rings. The topological polar surface area (TPSA) is 63.3 Å². The molecule has 29 heavy (non-hydrogen) atoms. The van der Waals surface area contributed by atoms with Crippen molar-refractivity contribution in [2.45, 2.75) is 50.5 Å². The second-order valence-corrected chi connectivity index (χ2v) is 8.84. The molecule has 0 aliphatic heterocycles. The molecule has 1 aromatic carbocycles. The van der Waals surface area contributed by atoms with Gasteiger partial charge in [0.05, 0.1) is 28.0 Å². The van der Waals surface area contributed by atoms with Crippen LogP contribution in [0.2, 0.25) is 5.02 Å². The van der Waals surface area contributed by atoms with Crippen molar-refractivity contribution in [3.8, 4) is 11.4 Å². The number of hydrogen-bond donors (Lipinski definition) is 1. The first-order valence-corrected chi connectivity index (χ1v) is 10.6. The molecule has 0 atom stereocenters. The number of fused-ring (bicyclic) bond motifs is 3. The van der Waals surface area contributed by atoms with Gasteiger partial charge in [-0.25, -0.2) is 15.0 Å². The summed E-state index contributed by atoms with van der Waals surface area (Å²) in [5.41, 5.74) is 5.58. The van der Waals surface area contributed by atoms with Crippen LogP contribution in [0.15, 0.2) is 36.5 Å². The molecule has 4 aromatic rings. The van der Waals surface area contributed by atoms with Crippen molar-refractivity contribution in [2.24, 2.45) is 0 Å².